The third kappa shape index (κ3) is 6.26. The molecule has 2 fully saturated rings. The van der Waals surface area contributed by atoms with Gasteiger partial charge < -0.3 is 30.0 Å². The predicted octanol–water partition coefficient (Wildman–Crippen LogP) is 1.40. The molecule has 2 saturated heterocycles. The molecule has 12 heteroatoms. The van der Waals surface area contributed by atoms with Crippen LogP contribution in [0.25, 0.3) is 0 Å². The van der Waals surface area contributed by atoms with Crippen LogP contribution in [0.4, 0.5) is 13.2 Å². The highest BCUT2D eigenvalue weighted by molar-refractivity contribution is 5.76. The van der Waals surface area contributed by atoms with Crippen molar-refractivity contribution < 1.29 is 37.3 Å². The number of alkyl halides is 3. The number of ether oxygens (including phenoxy) is 3. The first-order chi connectivity index (χ1) is 16.2. The van der Waals surface area contributed by atoms with Crippen LogP contribution < -0.4 is 15.4 Å². The third-order valence-electron chi connectivity index (χ3n) is 5.80. The summed E-state index contributed by atoms with van der Waals surface area (Å²) in [5.41, 5.74) is 1.22. The molecule has 1 aromatic heterocycles. The van der Waals surface area contributed by atoms with Gasteiger partial charge >= 0.3 is 6.36 Å². The molecule has 186 valence electrons. The van der Waals surface area contributed by atoms with Crippen molar-refractivity contribution in [3.05, 3.63) is 47.8 Å². The molecule has 4 rings (SSSR count). The molecule has 3 N–H and O–H groups in total. The van der Waals surface area contributed by atoms with Crippen LogP contribution >= 0.6 is 0 Å². The lowest BCUT2D eigenvalue weighted by Crippen LogP contribution is -2.39. The standard InChI is InChI=1S/C22H27F3N4O5/c1-29-12-13(9-28-29)8-27-19(30)7-15-6-17-21(32-15)20(31)18(33-17)11-26-10-14-4-2-3-5-16(14)34-22(23,24)25/h2-5,9,12,15,17-18,20-21,26,31H,6-8,10-11H2,1H3,(H,27,30)/t15-,17+,18+,20+,21-/m0/s1. The fourth-order valence-corrected chi connectivity index (χ4v) is 4.27. The Hall–Kier alpha value is -2.67. The molecule has 1 amide bonds. The van der Waals surface area contributed by atoms with Gasteiger partial charge in [-0.2, -0.15) is 5.10 Å². The minimum atomic E-state index is -4.78. The summed E-state index contributed by atoms with van der Waals surface area (Å²) in [6.07, 6.45) is -3.41. The monoisotopic (exact) mass is 484 g/mol. The predicted molar refractivity (Wildman–Crippen MR) is 112 cm³/mol. The van der Waals surface area contributed by atoms with Crippen LogP contribution in [-0.4, -0.2) is 64.2 Å². The topological polar surface area (TPSA) is 107 Å². The van der Waals surface area contributed by atoms with E-state index in [0.29, 0.717) is 18.5 Å². The van der Waals surface area contributed by atoms with Crippen molar-refractivity contribution in [1.29, 1.82) is 0 Å². The number of nitrogens with zero attached hydrogens (tertiary/aromatic N) is 2. The fourth-order valence-electron chi connectivity index (χ4n) is 4.27. The molecule has 2 aliphatic heterocycles. The van der Waals surface area contributed by atoms with Crippen LogP contribution in [0.5, 0.6) is 5.75 Å². The normalized spacial score (nSPS) is 26.4. The molecule has 0 bridgehead atoms. The van der Waals surface area contributed by atoms with Gasteiger partial charge in [-0.3, -0.25) is 9.48 Å². The van der Waals surface area contributed by atoms with E-state index in [4.69, 9.17) is 9.47 Å². The number of amides is 1. The fraction of sp³-hybridized carbons (Fsp3) is 0.545. The number of aliphatic hydroxyl groups excluding tert-OH is 1. The first-order valence-corrected chi connectivity index (χ1v) is 11.0. The number of aliphatic hydroxyl groups is 1. The van der Waals surface area contributed by atoms with Gasteiger partial charge in [-0.05, 0) is 6.07 Å². The van der Waals surface area contributed by atoms with E-state index < -0.39 is 24.7 Å². The first kappa shape index (κ1) is 24.5. The SMILES string of the molecule is Cn1cc(CNC(=O)C[C@@H]2C[C@H]3O[C@H](CNCc4ccccc4OC(F)(F)F)[C@@H](O)[C@H]3O2)cn1. The summed E-state index contributed by atoms with van der Waals surface area (Å²) in [5, 5.41) is 20.5. The second kappa shape index (κ2) is 10.3. The van der Waals surface area contributed by atoms with E-state index >= 15 is 0 Å². The van der Waals surface area contributed by atoms with E-state index in [9.17, 15) is 23.1 Å². The molecule has 9 nitrogen and oxygen atoms in total. The molecule has 5 atom stereocenters. The molecular formula is C22H27F3N4O5. The maximum atomic E-state index is 12.6. The highest BCUT2D eigenvalue weighted by atomic mass is 19.4. The van der Waals surface area contributed by atoms with Gasteiger partial charge in [0.25, 0.3) is 0 Å². The lowest BCUT2D eigenvalue weighted by Gasteiger charge is -2.20. The molecule has 0 spiro atoms. The molecule has 0 aliphatic carbocycles. The summed E-state index contributed by atoms with van der Waals surface area (Å²) in [6.45, 7) is 0.694. The van der Waals surface area contributed by atoms with Crippen molar-refractivity contribution in [2.24, 2.45) is 7.05 Å². The van der Waals surface area contributed by atoms with Crippen LogP contribution in [-0.2, 0) is 34.4 Å². The van der Waals surface area contributed by atoms with E-state index in [-0.39, 0.29) is 43.4 Å². The Morgan fingerprint density at radius 3 is 2.79 bits per heavy atom. The zero-order valence-corrected chi connectivity index (χ0v) is 18.5. The zero-order chi connectivity index (χ0) is 24.3. The molecule has 2 aliphatic rings. The number of fused-ring (bicyclic) bond motifs is 1. The largest absolute Gasteiger partial charge is 0.573 e. The molecule has 2 aromatic rings. The van der Waals surface area contributed by atoms with Crippen LogP contribution in [0, 0.1) is 0 Å². The molecule has 0 saturated carbocycles. The number of nitrogens with one attached hydrogen (secondary N) is 2. The summed E-state index contributed by atoms with van der Waals surface area (Å²) in [4.78, 5) is 12.2. The second-order valence-corrected chi connectivity index (χ2v) is 8.45. The highest BCUT2D eigenvalue weighted by Crippen LogP contribution is 2.35. The number of rotatable bonds is 9. The molecule has 0 radical (unpaired) electrons. The summed E-state index contributed by atoms with van der Waals surface area (Å²) < 4.78 is 55.2. The van der Waals surface area contributed by atoms with E-state index in [1.54, 1.807) is 24.0 Å². The quantitative estimate of drug-likeness (QED) is 0.494. The Bertz CT molecular complexity index is 985. The first-order valence-electron chi connectivity index (χ1n) is 11.0. The Labute approximate surface area is 194 Å². The van der Waals surface area contributed by atoms with Crippen molar-refractivity contribution in [3.8, 4) is 5.75 Å². The van der Waals surface area contributed by atoms with Gasteiger partial charge in [0.2, 0.25) is 5.91 Å². The number of aromatic nitrogens is 2. The van der Waals surface area contributed by atoms with E-state index in [0.717, 1.165) is 5.56 Å². The maximum absolute atomic E-state index is 12.6. The molecule has 0 unspecified atom stereocenters. The molecular weight excluding hydrogens is 457 g/mol. The van der Waals surface area contributed by atoms with Crippen LogP contribution in [0.1, 0.15) is 24.0 Å². The van der Waals surface area contributed by atoms with Crippen molar-refractivity contribution in [1.82, 2.24) is 20.4 Å². The van der Waals surface area contributed by atoms with E-state index in [2.05, 4.69) is 20.5 Å². The maximum Gasteiger partial charge on any atom is 0.573 e. The third-order valence-corrected chi connectivity index (χ3v) is 5.80. The minimum Gasteiger partial charge on any atom is -0.405 e. The smallest absolute Gasteiger partial charge is 0.405 e. The van der Waals surface area contributed by atoms with Gasteiger partial charge in [0.05, 0.1) is 30.9 Å². The van der Waals surface area contributed by atoms with Gasteiger partial charge in [0.15, 0.2) is 0 Å². The highest BCUT2D eigenvalue weighted by Gasteiger charge is 2.50. The average Bonchev–Trinajstić information content (AvgIpc) is 3.43. The number of carbonyl (C=O) groups excluding carboxylic acids is 1. The Balaban J connectivity index is 1.20. The van der Waals surface area contributed by atoms with Gasteiger partial charge in [-0.1, -0.05) is 18.2 Å². The minimum absolute atomic E-state index is 0.106. The number of aryl methyl sites for hydroxylation is 1. The van der Waals surface area contributed by atoms with E-state index in [1.165, 1.54) is 18.2 Å². The summed E-state index contributed by atoms with van der Waals surface area (Å²) in [5.74, 6) is -0.443. The molecule has 34 heavy (non-hydrogen) atoms. The van der Waals surface area contributed by atoms with Gasteiger partial charge in [0.1, 0.15) is 18.0 Å². The number of benzene rings is 1. The summed E-state index contributed by atoms with van der Waals surface area (Å²) >= 11 is 0. The van der Waals surface area contributed by atoms with Gasteiger partial charge in [0, 0.05) is 50.4 Å². The number of halogens is 3. The molecule has 3 heterocycles. The Kier molecular flexibility index (Phi) is 7.41. The van der Waals surface area contributed by atoms with Crippen LogP contribution in [0.15, 0.2) is 36.7 Å². The average molecular weight is 484 g/mol. The summed E-state index contributed by atoms with van der Waals surface area (Å²) in [7, 11) is 1.80. The van der Waals surface area contributed by atoms with Gasteiger partial charge in [-0.15, -0.1) is 13.2 Å². The van der Waals surface area contributed by atoms with Crippen LogP contribution in [0.2, 0.25) is 0 Å². The van der Waals surface area contributed by atoms with Gasteiger partial charge in [-0.25, -0.2) is 0 Å². The van der Waals surface area contributed by atoms with Crippen molar-refractivity contribution in [2.75, 3.05) is 6.54 Å². The lowest BCUT2D eigenvalue weighted by molar-refractivity contribution is -0.274. The second-order valence-electron chi connectivity index (χ2n) is 8.45. The zero-order valence-electron chi connectivity index (χ0n) is 18.5. The van der Waals surface area contributed by atoms with Crippen molar-refractivity contribution in [3.63, 3.8) is 0 Å². The lowest BCUT2D eigenvalue weighted by atomic mass is 10.1. The number of hydrogen-bond donors (Lipinski definition) is 3. The van der Waals surface area contributed by atoms with Crippen molar-refractivity contribution in [2.45, 2.75) is 62.8 Å². The number of para-hydroxylation sites is 1. The number of hydrogen-bond acceptors (Lipinski definition) is 7. The Morgan fingerprint density at radius 2 is 2.09 bits per heavy atom. The molecule has 1 aromatic carbocycles. The van der Waals surface area contributed by atoms with E-state index in [1.807, 2.05) is 6.20 Å². The Morgan fingerprint density at radius 1 is 1.29 bits per heavy atom. The summed E-state index contributed by atoms with van der Waals surface area (Å²) in [6, 6.07) is 5.85. The van der Waals surface area contributed by atoms with Crippen molar-refractivity contribution >= 4 is 5.91 Å². The number of carbonyl (C=O) groups is 1. The van der Waals surface area contributed by atoms with Crippen LogP contribution in [0.3, 0.4) is 0 Å².